The second kappa shape index (κ2) is 3.13. The normalized spacial score (nSPS) is 13.6. The molecule has 0 fully saturated rings. The van der Waals surface area contributed by atoms with Gasteiger partial charge in [0.05, 0.1) is 10.4 Å². The molecule has 0 N–H and O–H groups in total. The Labute approximate surface area is 79.1 Å². The van der Waals surface area contributed by atoms with Gasteiger partial charge in [-0.25, -0.2) is 9.98 Å². The van der Waals surface area contributed by atoms with Crippen LogP contribution in [-0.2, 0) is 0 Å². The van der Waals surface area contributed by atoms with E-state index in [0.717, 1.165) is 14.9 Å². The van der Waals surface area contributed by atoms with E-state index in [1.807, 2.05) is 0 Å². The Balaban J connectivity index is 2.50. The Kier molecular flexibility index (Phi) is 1.98. The van der Waals surface area contributed by atoms with Crippen molar-refractivity contribution in [2.75, 3.05) is 0 Å². The maximum Gasteiger partial charge on any atom is 0.151 e. The molecule has 1 aromatic heterocycles. The fourth-order valence-corrected chi connectivity index (χ4v) is 1.70. The van der Waals surface area contributed by atoms with Crippen molar-refractivity contribution in [3.05, 3.63) is 28.7 Å². The molecular weight excluding hydrogens is 188 g/mol. The second-order valence-electron chi connectivity index (χ2n) is 2.07. The van der Waals surface area contributed by atoms with E-state index in [1.165, 1.54) is 11.3 Å². The number of hydrogen-bond donors (Lipinski definition) is 1. The summed E-state index contributed by atoms with van der Waals surface area (Å²) in [5, 5.41) is 0.830. The number of allylic oxidation sites excluding steroid dienone is 1. The van der Waals surface area contributed by atoms with E-state index < -0.39 is 0 Å². The topological polar surface area (TPSA) is 25.2 Å². The minimum atomic E-state index is 0.725. The van der Waals surface area contributed by atoms with Crippen LogP contribution in [-0.4, -0.2) is 11.2 Å². The van der Waals surface area contributed by atoms with Crippen LogP contribution < -0.4 is 0 Å². The molecule has 0 saturated carbocycles. The number of hydrogen-bond acceptors (Lipinski definition) is 4. The first-order valence-electron chi connectivity index (χ1n) is 3.26. The van der Waals surface area contributed by atoms with E-state index in [2.05, 4.69) is 34.1 Å². The molecule has 0 bridgehead atoms. The van der Waals surface area contributed by atoms with E-state index in [-0.39, 0.29) is 0 Å². The molecule has 1 aliphatic rings. The SMILES string of the molecule is Sc1cnc(C2=C=C=CC=N2)s1. The van der Waals surface area contributed by atoms with Crippen molar-refractivity contribution in [1.29, 1.82) is 0 Å². The van der Waals surface area contributed by atoms with Crippen molar-refractivity contribution >= 4 is 35.9 Å². The summed E-state index contributed by atoms with van der Waals surface area (Å²) in [7, 11) is 0. The zero-order valence-electron chi connectivity index (χ0n) is 5.98. The minimum absolute atomic E-state index is 0.725. The summed E-state index contributed by atoms with van der Waals surface area (Å²) in [6.45, 7) is 0. The first-order valence-corrected chi connectivity index (χ1v) is 4.52. The van der Waals surface area contributed by atoms with Crippen LogP contribution in [0.5, 0.6) is 0 Å². The van der Waals surface area contributed by atoms with Crippen molar-refractivity contribution < 1.29 is 0 Å². The van der Waals surface area contributed by atoms with Gasteiger partial charge in [-0.3, -0.25) is 0 Å². The van der Waals surface area contributed by atoms with E-state index in [0.29, 0.717) is 0 Å². The van der Waals surface area contributed by atoms with Gasteiger partial charge in [-0.05, 0) is 5.73 Å². The molecule has 0 atom stereocenters. The van der Waals surface area contributed by atoms with Crippen molar-refractivity contribution in [2.45, 2.75) is 4.21 Å². The van der Waals surface area contributed by atoms with Gasteiger partial charge in [0.1, 0.15) is 5.70 Å². The maximum atomic E-state index is 4.16. The summed E-state index contributed by atoms with van der Waals surface area (Å²) in [6, 6.07) is 0. The Bertz CT molecular complexity index is 430. The minimum Gasteiger partial charge on any atom is -0.244 e. The number of thiazole rings is 1. The predicted molar refractivity (Wildman–Crippen MR) is 52.9 cm³/mol. The van der Waals surface area contributed by atoms with Gasteiger partial charge in [0, 0.05) is 12.3 Å². The van der Waals surface area contributed by atoms with E-state index in [1.54, 1.807) is 18.5 Å². The van der Waals surface area contributed by atoms with Crippen molar-refractivity contribution in [2.24, 2.45) is 4.99 Å². The van der Waals surface area contributed by atoms with Crippen LogP contribution in [0.15, 0.2) is 32.9 Å². The van der Waals surface area contributed by atoms with Crippen molar-refractivity contribution in [3.8, 4) is 0 Å². The second-order valence-corrected chi connectivity index (χ2v) is 3.88. The highest BCUT2D eigenvalue weighted by Crippen LogP contribution is 2.23. The average molecular weight is 192 g/mol. The third-order valence-corrected chi connectivity index (χ3v) is 2.44. The van der Waals surface area contributed by atoms with Crippen molar-refractivity contribution in [3.63, 3.8) is 0 Å². The summed E-state index contributed by atoms with van der Waals surface area (Å²) >= 11 is 5.64. The Hall–Kier alpha value is -1.05. The van der Waals surface area contributed by atoms with Crippen LogP contribution in [0.25, 0.3) is 5.70 Å². The molecule has 2 rings (SSSR count). The molecule has 0 amide bonds. The van der Waals surface area contributed by atoms with Gasteiger partial charge >= 0.3 is 0 Å². The lowest BCUT2D eigenvalue weighted by molar-refractivity contribution is 1.32. The first-order chi connectivity index (χ1) is 5.86. The van der Waals surface area contributed by atoms with Gasteiger partial charge in [-0.15, -0.1) is 24.0 Å². The Morgan fingerprint density at radius 3 is 3.00 bits per heavy atom. The summed E-state index contributed by atoms with van der Waals surface area (Å²) in [6.07, 6.45) is 5.08. The zero-order valence-corrected chi connectivity index (χ0v) is 7.69. The standard InChI is InChI=1S/C8H4N2S2/c11-7-5-10-8(12-7)6-3-1-2-4-9-6/h2,4-5,11H. The molecule has 1 aromatic rings. The summed E-state index contributed by atoms with van der Waals surface area (Å²) in [5.41, 5.74) is 6.42. The lowest BCUT2D eigenvalue weighted by Crippen LogP contribution is -1.78. The van der Waals surface area contributed by atoms with Crippen LogP contribution in [0.2, 0.25) is 0 Å². The third-order valence-electron chi connectivity index (χ3n) is 1.25. The van der Waals surface area contributed by atoms with Gasteiger partial charge in [0.15, 0.2) is 5.01 Å². The molecule has 0 aliphatic carbocycles. The Morgan fingerprint density at radius 2 is 2.42 bits per heavy atom. The molecular formula is C8H4N2S2. The predicted octanol–water partition coefficient (Wildman–Crippen LogP) is 2.17. The lowest BCUT2D eigenvalue weighted by atomic mass is 10.4. The van der Waals surface area contributed by atoms with E-state index in [9.17, 15) is 0 Å². The molecule has 0 aromatic carbocycles. The van der Waals surface area contributed by atoms with Gasteiger partial charge in [0.2, 0.25) is 0 Å². The van der Waals surface area contributed by atoms with E-state index in [4.69, 9.17) is 0 Å². The van der Waals surface area contributed by atoms with Gasteiger partial charge in [0.25, 0.3) is 0 Å². The van der Waals surface area contributed by atoms with Crippen LogP contribution in [0, 0.1) is 0 Å². The fourth-order valence-electron chi connectivity index (χ4n) is 0.775. The quantitative estimate of drug-likeness (QED) is 0.535. The van der Waals surface area contributed by atoms with Crippen LogP contribution in [0.1, 0.15) is 5.01 Å². The average Bonchev–Trinajstić information content (AvgIpc) is 2.54. The molecule has 0 spiro atoms. The third kappa shape index (κ3) is 1.42. The number of rotatable bonds is 1. The molecule has 2 heterocycles. The summed E-state index contributed by atoms with van der Waals surface area (Å²) in [5.74, 6) is 0. The number of nitrogens with zero attached hydrogens (tertiary/aromatic N) is 2. The largest absolute Gasteiger partial charge is 0.244 e. The molecule has 2 nitrogen and oxygen atoms in total. The first kappa shape index (κ1) is 7.59. The molecule has 0 saturated heterocycles. The highest BCUT2D eigenvalue weighted by Gasteiger charge is 2.03. The Morgan fingerprint density at radius 1 is 1.50 bits per heavy atom. The molecule has 4 heteroatoms. The molecule has 0 radical (unpaired) electrons. The fraction of sp³-hybridized carbons (Fsp3) is 0. The smallest absolute Gasteiger partial charge is 0.151 e. The van der Waals surface area contributed by atoms with Crippen LogP contribution in [0.3, 0.4) is 0 Å². The van der Waals surface area contributed by atoms with E-state index >= 15 is 0 Å². The molecule has 58 valence electrons. The molecule has 1 aliphatic heterocycles. The number of aromatic nitrogens is 1. The van der Waals surface area contributed by atoms with Gasteiger partial charge in [-0.1, -0.05) is 5.73 Å². The summed E-state index contributed by atoms with van der Waals surface area (Å²) < 4.78 is 0.879. The van der Waals surface area contributed by atoms with Gasteiger partial charge < -0.3 is 0 Å². The maximum absolute atomic E-state index is 4.16. The molecule has 12 heavy (non-hydrogen) atoms. The summed E-state index contributed by atoms with van der Waals surface area (Å²) in [4.78, 5) is 8.20. The lowest BCUT2D eigenvalue weighted by Gasteiger charge is -1.90. The van der Waals surface area contributed by atoms with Gasteiger partial charge in [-0.2, -0.15) is 0 Å². The van der Waals surface area contributed by atoms with Crippen LogP contribution >= 0.6 is 24.0 Å². The highest BCUT2D eigenvalue weighted by molar-refractivity contribution is 7.82. The monoisotopic (exact) mass is 192 g/mol. The van der Waals surface area contributed by atoms with Crippen LogP contribution in [0.4, 0.5) is 0 Å². The van der Waals surface area contributed by atoms with Crippen molar-refractivity contribution in [1.82, 2.24) is 4.98 Å². The molecule has 0 unspecified atom stereocenters. The zero-order chi connectivity index (χ0) is 8.39. The number of thiol groups is 1. The number of aliphatic imine (C=N–C) groups is 1. The highest BCUT2D eigenvalue weighted by atomic mass is 32.2.